The number of ether oxygens (including phenoxy) is 1. The Labute approximate surface area is 189 Å². The van der Waals surface area contributed by atoms with Crippen LogP contribution in [0.2, 0.25) is 0 Å². The lowest BCUT2D eigenvalue weighted by Crippen LogP contribution is -2.28. The normalized spacial score (nSPS) is 14.5. The van der Waals surface area contributed by atoms with Crippen molar-refractivity contribution in [1.82, 2.24) is 4.90 Å². The number of nitro groups is 1. The van der Waals surface area contributed by atoms with Crippen LogP contribution in [-0.2, 0) is 14.3 Å². The molecule has 0 radical (unpaired) electrons. The third-order valence-corrected chi connectivity index (χ3v) is 5.20. The molecular formula is C25H20N2O6. The van der Waals surface area contributed by atoms with E-state index in [0.717, 1.165) is 5.56 Å². The summed E-state index contributed by atoms with van der Waals surface area (Å²) in [6, 6.07) is 18.9. The minimum absolute atomic E-state index is 0.00479. The maximum atomic E-state index is 13.1. The highest BCUT2D eigenvalue weighted by molar-refractivity contribution is 6.10. The number of carbonyl (C=O) groups excluding carboxylic acids is 2. The van der Waals surface area contributed by atoms with E-state index in [9.17, 15) is 19.7 Å². The van der Waals surface area contributed by atoms with Gasteiger partial charge in [0.15, 0.2) is 0 Å². The molecule has 4 rings (SSSR count). The zero-order valence-corrected chi connectivity index (χ0v) is 17.8. The first-order valence-electron chi connectivity index (χ1n) is 10.2. The summed E-state index contributed by atoms with van der Waals surface area (Å²) < 4.78 is 10.6. The lowest BCUT2D eigenvalue weighted by Gasteiger charge is -2.20. The number of hydrogen-bond donors (Lipinski definition) is 0. The van der Waals surface area contributed by atoms with Gasteiger partial charge in [-0.1, -0.05) is 30.3 Å². The van der Waals surface area contributed by atoms with E-state index in [4.69, 9.17) is 9.15 Å². The molecular weight excluding hydrogens is 424 g/mol. The smallest absolute Gasteiger partial charge is 0.307 e. The topological polar surface area (TPSA) is 103 Å². The number of amides is 1. The molecule has 1 aliphatic rings. The highest BCUT2D eigenvalue weighted by atomic mass is 16.6. The van der Waals surface area contributed by atoms with E-state index < -0.39 is 10.9 Å². The molecule has 1 aromatic heterocycles. The lowest BCUT2D eigenvalue weighted by molar-refractivity contribution is -0.384. The fourth-order valence-electron chi connectivity index (χ4n) is 3.52. The molecule has 0 aliphatic carbocycles. The summed E-state index contributed by atoms with van der Waals surface area (Å²) in [5, 5.41) is 10.8. The Kier molecular flexibility index (Phi) is 6.17. The molecule has 2 aromatic carbocycles. The number of methoxy groups -OCH3 is 1. The van der Waals surface area contributed by atoms with Gasteiger partial charge in [0.25, 0.3) is 11.6 Å². The van der Waals surface area contributed by atoms with E-state index in [0.29, 0.717) is 28.4 Å². The standard InChI is InChI=1S/C25H20N2O6/c1-32-24(28)13-14-26-22(17-5-3-2-4-6-17)16-19(25(26)29)15-21-11-12-23(33-21)18-7-9-20(10-8-18)27(30)31/h2-12,15-16H,13-14H2,1H3/b19-15+. The van der Waals surface area contributed by atoms with Crippen molar-refractivity contribution in [3.05, 3.63) is 99.8 Å². The van der Waals surface area contributed by atoms with Crippen LogP contribution in [0.3, 0.4) is 0 Å². The SMILES string of the molecule is COC(=O)CCN1C(=O)/C(=C/c2ccc(-c3ccc([N+](=O)[O-])cc3)o2)C=C1c1ccccc1. The average Bonchev–Trinajstić information content (AvgIpc) is 3.43. The van der Waals surface area contributed by atoms with Gasteiger partial charge in [-0.15, -0.1) is 0 Å². The molecule has 0 atom stereocenters. The molecule has 166 valence electrons. The third kappa shape index (κ3) is 4.74. The number of benzene rings is 2. The first-order chi connectivity index (χ1) is 16.0. The third-order valence-electron chi connectivity index (χ3n) is 5.20. The predicted molar refractivity (Wildman–Crippen MR) is 122 cm³/mol. The molecule has 0 saturated heterocycles. The molecule has 0 fully saturated rings. The molecule has 1 amide bonds. The lowest BCUT2D eigenvalue weighted by atomic mass is 10.1. The van der Waals surface area contributed by atoms with Crippen LogP contribution in [0.5, 0.6) is 0 Å². The van der Waals surface area contributed by atoms with E-state index in [-0.39, 0.29) is 24.6 Å². The van der Waals surface area contributed by atoms with Gasteiger partial charge in [0.2, 0.25) is 0 Å². The maximum absolute atomic E-state index is 13.1. The summed E-state index contributed by atoms with van der Waals surface area (Å²) in [4.78, 5) is 36.7. The van der Waals surface area contributed by atoms with Crippen molar-refractivity contribution in [3.63, 3.8) is 0 Å². The molecule has 33 heavy (non-hydrogen) atoms. The molecule has 0 saturated carbocycles. The van der Waals surface area contributed by atoms with Gasteiger partial charge >= 0.3 is 5.97 Å². The summed E-state index contributed by atoms with van der Waals surface area (Å²) in [7, 11) is 1.31. The largest absolute Gasteiger partial charge is 0.469 e. The fourth-order valence-corrected chi connectivity index (χ4v) is 3.52. The van der Waals surface area contributed by atoms with E-state index in [1.807, 2.05) is 30.3 Å². The van der Waals surface area contributed by atoms with Crippen molar-refractivity contribution in [3.8, 4) is 11.3 Å². The van der Waals surface area contributed by atoms with Crippen molar-refractivity contribution in [2.45, 2.75) is 6.42 Å². The van der Waals surface area contributed by atoms with Crippen LogP contribution in [-0.4, -0.2) is 35.4 Å². The minimum Gasteiger partial charge on any atom is -0.469 e. The Hall–Kier alpha value is -4.46. The van der Waals surface area contributed by atoms with Gasteiger partial charge in [0.1, 0.15) is 11.5 Å². The maximum Gasteiger partial charge on any atom is 0.307 e. The van der Waals surface area contributed by atoms with E-state index >= 15 is 0 Å². The quantitative estimate of drug-likeness (QED) is 0.227. The molecule has 0 unspecified atom stereocenters. The molecule has 2 heterocycles. The van der Waals surface area contributed by atoms with Crippen LogP contribution in [0.15, 0.2) is 82.8 Å². The summed E-state index contributed by atoms with van der Waals surface area (Å²) in [5.74, 6) is 0.347. The second kappa shape index (κ2) is 9.35. The number of carbonyl (C=O) groups is 2. The van der Waals surface area contributed by atoms with Crippen molar-refractivity contribution < 1.29 is 23.7 Å². The number of nitro benzene ring substituents is 1. The Morgan fingerprint density at radius 1 is 1.06 bits per heavy atom. The highest BCUT2D eigenvalue weighted by Gasteiger charge is 2.29. The van der Waals surface area contributed by atoms with Gasteiger partial charge in [-0.25, -0.2) is 0 Å². The number of non-ortho nitro benzene ring substituents is 1. The molecule has 1 aliphatic heterocycles. The van der Waals surface area contributed by atoms with Crippen molar-refractivity contribution in [2.75, 3.05) is 13.7 Å². The number of furan rings is 1. The van der Waals surface area contributed by atoms with Gasteiger partial charge in [-0.05, 0) is 42.0 Å². The molecule has 0 N–H and O–H groups in total. The first-order valence-corrected chi connectivity index (χ1v) is 10.2. The molecule has 0 bridgehead atoms. The zero-order chi connectivity index (χ0) is 23.4. The Balaban J connectivity index is 1.62. The highest BCUT2D eigenvalue weighted by Crippen LogP contribution is 2.32. The molecule has 8 heteroatoms. The van der Waals surface area contributed by atoms with Gasteiger partial charge < -0.3 is 14.1 Å². The summed E-state index contributed by atoms with van der Waals surface area (Å²) in [6.07, 6.45) is 3.48. The van der Waals surface area contributed by atoms with E-state index in [1.54, 1.807) is 41.3 Å². The average molecular weight is 444 g/mol. The minimum atomic E-state index is -0.462. The van der Waals surface area contributed by atoms with Crippen LogP contribution in [0.4, 0.5) is 5.69 Å². The molecule has 8 nitrogen and oxygen atoms in total. The fraction of sp³-hybridized carbons (Fsp3) is 0.120. The summed E-state index contributed by atoms with van der Waals surface area (Å²) in [5.41, 5.74) is 2.64. The second-order valence-corrected chi connectivity index (χ2v) is 7.28. The van der Waals surface area contributed by atoms with E-state index in [1.165, 1.54) is 19.2 Å². The number of nitrogens with zero attached hydrogens (tertiary/aromatic N) is 2. The van der Waals surface area contributed by atoms with Crippen molar-refractivity contribution in [2.24, 2.45) is 0 Å². The van der Waals surface area contributed by atoms with Crippen LogP contribution >= 0.6 is 0 Å². The van der Waals surface area contributed by atoms with Gasteiger partial charge in [-0.3, -0.25) is 19.7 Å². The van der Waals surface area contributed by atoms with Crippen LogP contribution < -0.4 is 0 Å². The number of hydrogen-bond acceptors (Lipinski definition) is 6. The van der Waals surface area contributed by atoms with Crippen LogP contribution in [0, 0.1) is 10.1 Å². The number of esters is 1. The Morgan fingerprint density at radius 3 is 2.45 bits per heavy atom. The Morgan fingerprint density at radius 2 is 1.79 bits per heavy atom. The molecule has 0 spiro atoms. The molecule has 3 aromatic rings. The van der Waals surface area contributed by atoms with Crippen molar-refractivity contribution >= 4 is 29.3 Å². The second-order valence-electron chi connectivity index (χ2n) is 7.28. The predicted octanol–water partition coefficient (Wildman–Crippen LogP) is 4.68. The summed E-state index contributed by atoms with van der Waals surface area (Å²) >= 11 is 0. The monoisotopic (exact) mass is 444 g/mol. The Bertz CT molecular complexity index is 1260. The van der Waals surface area contributed by atoms with E-state index in [2.05, 4.69) is 0 Å². The van der Waals surface area contributed by atoms with Crippen LogP contribution in [0.1, 0.15) is 17.7 Å². The van der Waals surface area contributed by atoms with Crippen molar-refractivity contribution in [1.29, 1.82) is 0 Å². The van der Waals surface area contributed by atoms with Crippen LogP contribution in [0.25, 0.3) is 23.1 Å². The summed E-state index contributed by atoms with van der Waals surface area (Å²) in [6.45, 7) is 0.190. The van der Waals surface area contributed by atoms with Gasteiger partial charge in [0.05, 0.1) is 24.2 Å². The van der Waals surface area contributed by atoms with Gasteiger partial charge in [0, 0.05) is 29.8 Å². The number of rotatable bonds is 7. The van der Waals surface area contributed by atoms with Gasteiger partial charge in [-0.2, -0.15) is 0 Å². The first kappa shape index (κ1) is 21.8. The zero-order valence-electron chi connectivity index (χ0n) is 17.8.